The average molecular weight is 297 g/mol. The zero-order chi connectivity index (χ0) is 14.6. The first kappa shape index (κ1) is 12.1. The van der Waals surface area contributed by atoms with Gasteiger partial charge in [-0.25, -0.2) is 0 Å². The van der Waals surface area contributed by atoms with Crippen molar-refractivity contribution < 1.29 is 5.11 Å². The molecule has 11 atom stereocenters. The van der Waals surface area contributed by atoms with Gasteiger partial charge >= 0.3 is 0 Å². The van der Waals surface area contributed by atoms with Crippen molar-refractivity contribution in [3.05, 3.63) is 12.2 Å². The van der Waals surface area contributed by atoms with Crippen LogP contribution in [-0.2, 0) is 0 Å². The van der Waals surface area contributed by atoms with Crippen LogP contribution in [0.15, 0.2) is 12.2 Å². The van der Waals surface area contributed by atoms with E-state index >= 15 is 0 Å². The van der Waals surface area contributed by atoms with Crippen LogP contribution in [0.4, 0.5) is 0 Å². The van der Waals surface area contributed by atoms with E-state index in [1.807, 2.05) is 0 Å². The third-order valence-electron chi connectivity index (χ3n) is 10.3. The van der Waals surface area contributed by atoms with Crippen LogP contribution in [0.1, 0.15) is 45.4 Å². The standard InChI is InChI=1S/C20H27NO/c1-10-11-6-12-16-19-5-3-4-18(2)9-21(16)13(15(18)19)8-20(12,17(10)22)14(19)7-11/h11-17,22H,1,3-9H2,2H3/t11-,12?,13-,14-,15+,16?,17+,18-,19?,20?/m0/s1. The molecule has 2 nitrogen and oxygen atoms in total. The van der Waals surface area contributed by atoms with Crippen molar-refractivity contribution in [2.75, 3.05) is 6.54 Å². The first-order valence-corrected chi connectivity index (χ1v) is 9.66. The Balaban J connectivity index is 1.53. The zero-order valence-corrected chi connectivity index (χ0v) is 13.6. The first-order chi connectivity index (χ1) is 10.5. The number of hydrogen-bond donors (Lipinski definition) is 1. The van der Waals surface area contributed by atoms with E-state index in [2.05, 4.69) is 18.4 Å². The molecule has 0 aromatic rings. The Labute approximate surface area is 132 Å². The zero-order valence-electron chi connectivity index (χ0n) is 13.6. The summed E-state index contributed by atoms with van der Waals surface area (Å²) in [7, 11) is 0. The number of aliphatic hydroxyl groups is 1. The molecule has 9 rings (SSSR count). The minimum atomic E-state index is -0.172. The van der Waals surface area contributed by atoms with E-state index < -0.39 is 0 Å². The van der Waals surface area contributed by atoms with Gasteiger partial charge in [-0.05, 0) is 72.2 Å². The summed E-state index contributed by atoms with van der Waals surface area (Å²) < 4.78 is 0. The minimum Gasteiger partial charge on any atom is -0.388 e. The maximum Gasteiger partial charge on any atom is 0.0813 e. The molecule has 9 aliphatic rings. The van der Waals surface area contributed by atoms with Crippen molar-refractivity contribution in [2.24, 2.45) is 39.9 Å². The molecule has 2 heteroatoms. The molecule has 9 fully saturated rings. The second kappa shape index (κ2) is 2.99. The third kappa shape index (κ3) is 0.815. The van der Waals surface area contributed by atoms with E-state index in [0.29, 0.717) is 16.7 Å². The van der Waals surface area contributed by atoms with Crippen molar-refractivity contribution in [3.63, 3.8) is 0 Å². The molecule has 3 saturated heterocycles. The summed E-state index contributed by atoms with van der Waals surface area (Å²) in [6.07, 6.45) is 8.23. The highest BCUT2D eigenvalue weighted by Crippen LogP contribution is 2.86. The van der Waals surface area contributed by atoms with E-state index in [1.54, 1.807) is 0 Å². The van der Waals surface area contributed by atoms with Gasteiger partial charge < -0.3 is 5.11 Å². The van der Waals surface area contributed by atoms with Gasteiger partial charge in [0, 0.05) is 24.0 Å². The van der Waals surface area contributed by atoms with Gasteiger partial charge in [0.25, 0.3) is 0 Å². The minimum absolute atomic E-state index is 0.172. The molecule has 22 heavy (non-hydrogen) atoms. The van der Waals surface area contributed by atoms with Gasteiger partial charge in [0.05, 0.1) is 6.10 Å². The number of aliphatic hydroxyl groups excluding tert-OH is 1. The van der Waals surface area contributed by atoms with Gasteiger partial charge in [-0.3, -0.25) is 4.90 Å². The smallest absolute Gasteiger partial charge is 0.0813 e. The van der Waals surface area contributed by atoms with Crippen LogP contribution in [0.25, 0.3) is 0 Å². The van der Waals surface area contributed by atoms with E-state index in [1.165, 1.54) is 50.6 Å². The molecule has 1 N–H and O–H groups in total. The van der Waals surface area contributed by atoms with Crippen LogP contribution in [0, 0.1) is 39.9 Å². The van der Waals surface area contributed by atoms with Crippen LogP contribution < -0.4 is 0 Å². The van der Waals surface area contributed by atoms with Crippen LogP contribution >= 0.6 is 0 Å². The van der Waals surface area contributed by atoms with E-state index in [9.17, 15) is 5.11 Å². The van der Waals surface area contributed by atoms with Gasteiger partial charge in [-0.15, -0.1) is 0 Å². The Hall–Kier alpha value is -0.340. The lowest BCUT2D eigenvalue weighted by atomic mass is 9.40. The topological polar surface area (TPSA) is 23.5 Å². The molecule has 0 aromatic carbocycles. The molecule has 9 bridgehead atoms. The molecule has 3 aliphatic heterocycles. The van der Waals surface area contributed by atoms with Gasteiger partial charge in [0.15, 0.2) is 0 Å². The average Bonchev–Trinajstić information content (AvgIpc) is 2.90. The van der Waals surface area contributed by atoms with Crippen molar-refractivity contribution in [1.29, 1.82) is 0 Å². The Morgan fingerprint density at radius 1 is 1.23 bits per heavy atom. The molecule has 118 valence electrons. The van der Waals surface area contributed by atoms with Crippen molar-refractivity contribution in [1.82, 2.24) is 4.90 Å². The largest absolute Gasteiger partial charge is 0.388 e. The van der Waals surface area contributed by atoms with Gasteiger partial charge in [0.2, 0.25) is 0 Å². The fourth-order valence-corrected chi connectivity index (χ4v) is 10.4. The van der Waals surface area contributed by atoms with Crippen molar-refractivity contribution >= 4 is 0 Å². The molecular weight excluding hydrogens is 270 g/mol. The molecule has 6 aliphatic carbocycles. The monoisotopic (exact) mass is 297 g/mol. The summed E-state index contributed by atoms with van der Waals surface area (Å²) in [4.78, 5) is 2.98. The predicted octanol–water partition coefficient (Wildman–Crippen LogP) is 2.82. The van der Waals surface area contributed by atoms with E-state index in [-0.39, 0.29) is 11.5 Å². The van der Waals surface area contributed by atoms with Crippen molar-refractivity contribution in [3.8, 4) is 0 Å². The summed E-state index contributed by atoms with van der Waals surface area (Å²) in [5.74, 6) is 3.21. The number of fused-ring (bicyclic) bond motifs is 1. The summed E-state index contributed by atoms with van der Waals surface area (Å²) in [5.41, 5.74) is 2.65. The fourth-order valence-electron chi connectivity index (χ4n) is 10.4. The summed E-state index contributed by atoms with van der Waals surface area (Å²) >= 11 is 0. The predicted molar refractivity (Wildman–Crippen MR) is 84.1 cm³/mol. The highest BCUT2D eigenvalue weighted by atomic mass is 16.3. The lowest BCUT2D eigenvalue weighted by Crippen LogP contribution is -2.63. The lowest BCUT2D eigenvalue weighted by Gasteiger charge is -2.64. The molecule has 0 aromatic heterocycles. The maximum atomic E-state index is 11.2. The number of rotatable bonds is 0. The van der Waals surface area contributed by atoms with E-state index in [0.717, 1.165) is 29.8 Å². The Morgan fingerprint density at radius 3 is 2.95 bits per heavy atom. The SMILES string of the molecule is C=C1[C@H]2CC3C4N5C[C@]6(C)CCCC47[C@H](C2)C3(C[C@H]5[C@@H]76)[C@@H]1O. The first-order valence-electron chi connectivity index (χ1n) is 9.66. The quantitative estimate of drug-likeness (QED) is 0.695. The second-order valence-electron chi connectivity index (χ2n) is 10.4. The van der Waals surface area contributed by atoms with Crippen LogP contribution in [0.5, 0.6) is 0 Å². The summed E-state index contributed by atoms with van der Waals surface area (Å²) in [6.45, 7) is 8.32. The third-order valence-corrected chi connectivity index (χ3v) is 10.3. The van der Waals surface area contributed by atoms with Crippen molar-refractivity contribution in [2.45, 2.75) is 63.6 Å². The van der Waals surface area contributed by atoms with Crippen LogP contribution in [0.3, 0.4) is 0 Å². The molecule has 2 spiro atoms. The molecule has 6 saturated carbocycles. The Kier molecular flexibility index (Phi) is 1.64. The highest BCUT2D eigenvalue weighted by Gasteiger charge is 2.87. The molecule has 0 amide bonds. The molecule has 3 heterocycles. The van der Waals surface area contributed by atoms with Gasteiger partial charge in [0.1, 0.15) is 0 Å². The highest BCUT2D eigenvalue weighted by molar-refractivity contribution is 5.42. The summed E-state index contributed by atoms with van der Waals surface area (Å²) in [6, 6.07) is 1.64. The van der Waals surface area contributed by atoms with E-state index in [4.69, 9.17) is 0 Å². The van der Waals surface area contributed by atoms with Gasteiger partial charge in [-0.2, -0.15) is 0 Å². The Morgan fingerprint density at radius 2 is 2.09 bits per heavy atom. The number of hydrogen-bond acceptors (Lipinski definition) is 2. The Bertz CT molecular complexity index is 644. The normalized spacial score (nSPS) is 75.1. The number of nitrogens with zero attached hydrogens (tertiary/aromatic N) is 1. The molecule has 0 radical (unpaired) electrons. The summed E-state index contributed by atoms with van der Waals surface area (Å²) in [5, 5.41) is 11.2. The fraction of sp³-hybridized carbons (Fsp3) is 0.900. The lowest BCUT2D eigenvalue weighted by molar-refractivity contribution is -0.166. The molecular formula is C20H27NO. The number of piperidine rings is 2. The maximum absolute atomic E-state index is 11.2. The van der Waals surface area contributed by atoms with Crippen LogP contribution in [0.2, 0.25) is 0 Å². The van der Waals surface area contributed by atoms with Crippen LogP contribution in [-0.4, -0.2) is 34.7 Å². The second-order valence-corrected chi connectivity index (χ2v) is 10.4. The molecule has 5 unspecified atom stereocenters. The van der Waals surface area contributed by atoms with Gasteiger partial charge in [-0.1, -0.05) is 19.9 Å².